The molecule has 1 fully saturated rings. The molecule has 1 aliphatic carbocycles. The van der Waals surface area contributed by atoms with Crippen molar-refractivity contribution < 1.29 is 0 Å². The molecule has 0 N–H and O–H groups in total. The summed E-state index contributed by atoms with van der Waals surface area (Å²) < 4.78 is 0. The lowest BCUT2D eigenvalue weighted by Gasteiger charge is -2.39. The Morgan fingerprint density at radius 1 is 1.27 bits per heavy atom. The zero-order valence-electron chi connectivity index (χ0n) is 9.66. The number of anilines is 1. The second kappa shape index (κ2) is 3.01. The van der Waals surface area contributed by atoms with Gasteiger partial charge in [-0.15, -0.1) is 0 Å². The van der Waals surface area contributed by atoms with Crippen molar-refractivity contribution in [1.29, 1.82) is 0 Å². The Balaban J connectivity index is 2.15. The van der Waals surface area contributed by atoms with Crippen molar-refractivity contribution >= 4 is 5.69 Å². The Labute approximate surface area is 92.1 Å². The number of hydrogen-bond acceptors (Lipinski definition) is 1. The molecule has 1 heteroatoms. The van der Waals surface area contributed by atoms with Crippen LogP contribution in [-0.4, -0.2) is 13.1 Å². The quantitative estimate of drug-likeness (QED) is 0.622. The third-order valence-electron chi connectivity index (χ3n) is 4.53. The first-order valence-electron chi connectivity index (χ1n) is 6.06. The normalized spacial score (nSPS) is 33.7. The Kier molecular flexibility index (Phi) is 1.86. The van der Waals surface area contributed by atoms with E-state index in [1.165, 1.54) is 31.4 Å². The van der Waals surface area contributed by atoms with E-state index in [0.717, 1.165) is 6.04 Å². The minimum absolute atomic E-state index is 0.420. The lowest BCUT2D eigenvalue weighted by molar-refractivity contribution is 0.285. The number of likely N-dealkylation sites (N-methyl/N-ethyl adjacent to an activating group) is 1. The first-order valence-corrected chi connectivity index (χ1v) is 6.06. The maximum Gasteiger partial charge on any atom is 0.0405 e. The lowest BCUT2D eigenvalue weighted by Crippen LogP contribution is -2.43. The van der Waals surface area contributed by atoms with Crippen molar-refractivity contribution in [3.05, 3.63) is 29.8 Å². The van der Waals surface area contributed by atoms with Crippen LogP contribution in [0.15, 0.2) is 24.3 Å². The Morgan fingerprint density at radius 2 is 2.07 bits per heavy atom. The highest BCUT2D eigenvalue weighted by molar-refractivity contribution is 5.63. The van der Waals surface area contributed by atoms with Gasteiger partial charge in [0.1, 0.15) is 0 Å². The molecule has 3 rings (SSSR count). The summed E-state index contributed by atoms with van der Waals surface area (Å²) in [5.41, 5.74) is 3.47. The van der Waals surface area contributed by atoms with Crippen LogP contribution in [0.4, 0.5) is 5.69 Å². The molecule has 0 spiro atoms. The Bertz CT molecular complexity index is 385. The SMILES string of the molecule is CN1c2ccccc2C2(C)CCCCC12. The Morgan fingerprint density at radius 3 is 2.93 bits per heavy atom. The molecule has 2 atom stereocenters. The molecule has 0 saturated heterocycles. The molecule has 1 saturated carbocycles. The summed E-state index contributed by atoms with van der Waals surface area (Å²) in [6.45, 7) is 2.46. The van der Waals surface area contributed by atoms with E-state index in [-0.39, 0.29) is 0 Å². The summed E-state index contributed by atoms with van der Waals surface area (Å²) >= 11 is 0. The van der Waals surface area contributed by atoms with Gasteiger partial charge in [-0.25, -0.2) is 0 Å². The zero-order chi connectivity index (χ0) is 10.5. The molecule has 0 bridgehead atoms. The molecule has 2 aliphatic rings. The highest BCUT2D eigenvalue weighted by Crippen LogP contribution is 2.50. The zero-order valence-corrected chi connectivity index (χ0v) is 9.66. The van der Waals surface area contributed by atoms with Gasteiger partial charge in [-0.2, -0.15) is 0 Å². The molecule has 1 aromatic carbocycles. The molecule has 1 aliphatic heterocycles. The van der Waals surface area contributed by atoms with Gasteiger partial charge in [-0.1, -0.05) is 38.0 Å². The fourth-order valence-electron chi connectivity index (χ4n) is 3.68. The van der Waals surface area contributed by atoms with Gasteiger partial charge in [0.25, 0.3) is 0 Å². The number of nitrogens with zero attached hydrogens (tertiary/aromatic N) is 1. The fraction of sp³-hybridized carbons (Fsp3) is 0.571. The first-order chi connectivity index (χ1) is 7.23. The minimum atomic E-state index is 0.420. The van der Waals surface area contributed by atoms with E-state index in [4.69, 9.17) is 0 Å². The van der Waals surface area contributed by atoms with Crippen LogP contribution in [0.25, 0.3) is 0 Å². The van der Waals surface area contributed by atoms with Gasteiger partial charge >= 0.3 is 0 Å². The second-order valence-corrected chi connectivity index (χ2v) is 5.31. The monoisotopic (exact) mass is 201 g/mol. The molecular weight excluding hydrogens is 182 g/mol. The highest BCUT2D eigenvalue weighted by atomic mass is 15.2. The maximum absolute atomic E-state index is 2.51. The third kappa shape index (κ3) is 1.09. The van der Waals surface area contributed by atoms with E-state index in [2.05, 4.69) is 43.1 Å². The number of benzene rings is 1. The van der Waals surface area contributed by atoms with Crippen molar-refractivity contribution in [3.63, 3.8) is 0 Å². The van der Waals surface area contributed by atoms with E-state index in [9.17, 15) is 0 Å². The van der Waals surface area contributed by atoms with Crippen LogP contribution in [0.3, 0.4) is 0 Å². The summed E-state index contributed by atoms with van der Waals surface area (Å²) in [7, 11) is 2.26. The third-order valence-corrected chi connectivity index (χ3v) is 4.53. The van der Waals surface area contributed by atoms with E-state index in [0.29, 0.717) is 5.41 Å². The fourth-order valence-corrected chi connectivity index (χ4v) is 3.68. The smallest absolute Gasteiger partial charge is 0.0405 e. The molecule has 1 heterocycles. The van der Waals surface area contributed by atoms with E-state index in [1.807, 2.05) is 0 Å². The van der Waals surface area contributed by atoms with E-state index >= 15 is 0 Å². The predicted octanol–water partition coefficient (Wildman–Crippen LogP) is 3.34. The summed E-state index contributed by atoms with van der Waals surface area (Å²) in [6, 6.07) is 9.70. The van der Waals surface area contributed by atoms with Gasteiger partial charge in [0.05, 0.1) is 0 Å². The van der Waals surface area contributed by atoms with Gasteiger partial charge in [0, 0.05) is 24.2 Å². The minimum Gasteiger partial charge on any atom is -0.370 e. The van der Waals surface area contributed by atoms with Crippen LogP contribution in [-0.2, 0) is 5.41 Å². The van der Waals surface area contributed by atoms with Crippen molar-refractivity contribution in [1.82, 2.24) is 0 Å². The van der Waals surface area contributed by atoms with Crippen LogP contribution in [0.2, 0.25) is 0 Å². The van der Waals surface area contributed by atoms with Crippen LogP contribution < -0.4 is 4.90 Å². The molecule has 1 nitrogen and oxygen atoms in total. The van der Waals surface area contributed by atoms with Crippen molar-refractivity contribution in [2.45, 2.75) is 44.1 Å². The predicted molar refractivity (Wildman–Crippen MR) is 64.5 cm³/mol. The maximum atomic E-state index is 2.51. The molecule has 15 heavy (non-hydrogen) atoms. The summed E-state index contributed by atoms with van der Waals surface area (Å²) in [5, 5.41) is 0. The average Bonchev–Trinajstić information content (AvgIpc) is 2.50. The van der Waals surface area contributed by atoms with Crippen molar-refractivity contribution in [3.8, 4) is 0 Å². The van der Waals surface area contributed by atoms with Gasteiger partial charge < -0.3 is 4.90 Å². The van der Waals surface area contributed by atoms with Crippen molar-refractivity contribution in [2.75, 3.05) is 11.9 Å². The molecule has 0 radical (unpaired) electrons. The second-order valence-electron chi connectivity index (χ2n) is 5.31. The standard InChI is InChI=1S/C14H19N/c1-14-10-6-5-9-13(14)15(2)12-8-4-3-7-11(12)14/h3-4,7-8,13H,5-6,9-10H2,1-2H3. The van der Waals surface area contributed by atoms with Gasteiger partial charge in [0.15, 0.2) is 0 Å². The number of hydrogen-bond donors (Lipinski definition) is 0. The number of rotatable bonds is 0. The van der Waals surface area contributed by atoms with E-state index < -0.39 is 0 Å². The summed E-state index contributed by atoms with van der Waals surface area (Å²) in [6.07, 6.45) is 5.52. The largest absolute Gasteiger partial charge is 0.370 e. The molecule has 1 aromatic rings. The van der Waals surface area contributed by atoms with Gasteiger partial charge in [-0.05, 0) is 24.5 Å². The van der Waals surface area contributed by atoms with Crippen LogP contribution in [0.1, 0.15) is 38.2 Å². The van der Waals surface area contributed by atoms with Crippen LogP contribution in [0.5, 0.6) is 0 Å². The molecule has 80 valence electrons. The topological polar surface area (TPSA) is 3.24 Å². The van der Waals surface area contributed by atoms with E-state index in [1.54, 1.807) is 5.56 Å². The highest BCUT2D eigenvalue weighted by Gasteiger charge is 2.46. The van der Waals surface area contributed by atoms with Crippen LogP contribution in [0, 0.1) is 0 Å². The average molecular weight is 201 g/mol. The summed E-state index contributed by atoms with van der Waals surface area (Å²) in [5.74, 6) is 0. The van der Waals surface area contributed by atoms with Crippen molar-refractivity contribution in [2.24, 2.45) is 0 Å². The molecular formula is C14H19N. The number of fused-ring (bicyclic) bond motifs is 3. The van der Waals surface area contributed by atoms with Crippen LogP contribution >= 0.6 is 0 Å². The Hall–Kier alpha value is -0.980. The molecule has 0 aromatic heterocycles. The molecule has 2 unspecified atom stereocenters. The summed E-state index contributed by atoms with van der Waals surface area (Å²) in [4.78, 5) is 2.51. The van der Waals surface area contributed by atoms with Gasteiger partial charge in [-0.3, -0.25) is 0 Å². The molecule has 0 amide bonds. The first kappa shape index (κ1) is 9.26. The number of para-hydroxylation sites is 1. The lowest BCUT2D eigenvalue weighted by atomic mass is 9.69. The van der Waals surface area contributed by atoms with Gasteiger partial charge in [0.2, 0.25) is 0 Å².